The van der Waals surface area contributed by atoms with Crippen LogP contribution >= 0.6 is 11.8 Å². The van der Waals surface area contributed by atoms with E-state index in [0.717, 1.165) is 24.4 Å². The van der Waals surface area contributed by atoms with Crippen LogP contribution in [0.4, 0.5) is 0 Å². The molecule has 6 heteroatoms. The topological polar surface area (TPSA) is 68.0 Å². The van der Waals surface area contributed by atoms with Gasteiger partial charge in [0.1, 0.15) is 17.9 Å². The molecule has 1 saturated heterocycles. The van der Waals surface area contributed by atoms with Crippen LogP contribution in [0.15, 0.2) is 18.0 Å². The maximum absolute atomic E-state index is 13.3. The number of nitrogens with zero attached hydrogens (tertiary/aromatic N) is 3. The first-order valence-corrected chi connectivity index (χ1v) is 15.5. The molecule has 2 bridgehead atoms. The third-order valence-corrected chi connectivity index (χ3v) is 15.7. The molecule has 12 atom stereocenters. The molecule has 1 aliphatic heterocycles. The molecule has 1 aromatic heterocycles. The summed E-state index contributed by atoms with van der Waals surface area (Å²) in [5.74, 6) is 4.27. The quantitative estimate of drug-likeness (QED) is 0.517. The molecule has 1 aromatic rings. The monoisotopic (exact) mass is 507 g/mol. The molecule has 5 nitrogen and oxygen atoms in total. The number of fused-ring (bicyclic) bond motifs is 4. The number of ketones is 1. The average Bonchev–Trinajstić information content (AvgIpc) is 3.27. The van der Waals surface area contributed by atoms with Crippen LogP contribution in [0, 0.1) is 57.7 Å². The van der Waals surface area contributed by atoms with Crippen molar-refractivity contribution in [2.24, 2.45) is 50.7 Å². The molecule has 7 aliphatic rings. The first-order chi connectivity index (χ1) is 17.0. The van der Waals surface area contributed by atoms with E-state index in [1.807, 2.05) is 11.6 Å². The van der Waals surface area contributed by atoms with Crippen molar-refractivity contribution < 1.29 is 9.90 Å². The van der Waals surface area contributed by atoms with Crippen LogP contribution in [0.3, 0.4) is 0 Å². The number of aliphatic hydroxyl groups is 1. The molecular weight excluding hydrogens is 466 g/mol. The Morgan fingerprint density at radius 1 is 1.11 bits per heavy atom. The summed E-state index contributed by atoms with van der Waals surface area (Å²) in [5, 5.41) is 17.1. The van der Waals surface area contributed by atoms with Crippen molar-refractivity contribution in [2.45, 2.75) is 97.0 Å². The van der Waals surface area contributed by atoms with Gasteiger partial charge in [0.2, 0.25) is 0 Å². The molecule has 194 valence electrons. The van der Waals surface area contributed by atoms with Crippen LogP contribution in [0.1, 0.15) is 84.5 Å². The van der Waals surface area contributed by atoms with Crippen molar-refractivity contribution in [1.29, 1.82) is 0 Å². The molecule has 12 unspecified atom stereocenters. The molecular formula is C30H41N3O2S. The Morgan fingerprint density at radius 3 is 2.64 bits per heavy atom. The van der Waals surface area contributed by atoms with E-state index in [0.29, 0.717) is 40.1 Å². The molecule has 6 fully saturated rings. The second kappa shape index (κ2) is 6.52. The largest absolute Gasteiger partial charge is 0.390 e. The van der Waals surface area contributed by atoms with Crippen LogP contribution < -0.4 is 0 Å². The summed E-state index contributed by atoms with van der Waals surface area (Å²) in [6.45, 7) is 11.9. The lowest BCUT2D eigenvalue weighted by Gasteiger charge is -2.72. The fraction of sp³-hybridized carbons (Fsp3) is 0.833. The molecule has 1 N–H and O–H groups in total. The van der Waals surface area contributed by atoms with Gasteiger partial charge in [0, 0.05) is 33.7 Å². The number of Topliss-reactive ketones (excluding diaryl/α,β-unsaturated/α-hetero) is 1. The maximum atomic E-state index is 13.3. The molecule has 8 rings (SSSR count). The highest BCUT2D eigenvalue weighted by atomic mass is 32.2. The summed E-state index contributed by atoms with van der Waals surface area (Å²) in [7, 11) is 0. The number of aromatic nitrogens is 3. The van der Waals surface area contributed by atoms with E-state index in [4.69, 9.17) is 0 Å². The number of hydrogen-bond donors (Lipinski definition) is 1. The van der Waals surface area contributed by atoms with Crippen LogP contribution in [0.5, 0.6) is 0 Å². The van der Waals surface area contributed by atoms with E-state index >= 15 is 0 Å². The fourth-order valence-corrected chi connectivity index (χ4v) is 13.5. The SMILES string of the molecule is Cc1ncnn1C1CC23C4=CCC5(C)C6C(=O)C7CC76CCC5(C)C4CCC2C(C)(CSC3C)C1O. The first-order valence-electron chi connectivity index (χ1n) is 14.4. The predicted octanol–water partition coefficient (Wildman–Crippen LogP) is 5.39. The molecule has 6 aliphatic carbocycles. The van der Waals surface area contributed by atoms with Crippen molar-refractivity contribution in [1.82, 2.24) is 14.8 Å². The smallest absolute Gasteiger partial charge is 0.140 e. The Bertz CT molecular complexity index is 1230. The zero-order chi connectivity index (χ0) is 25.0. The second-order valence-corrected chi connectivity index (χ2v) is 16.0. The molecule has 1 spiro atoms. The van der Waals surface area contributed by atoms with Gasteiger partial charge in [-0.05, 0) is 80.0 Å². The zero-order valence-corrected chi connectivity index (χ0v) is 23.3. The Balaban J connectivity index is 1.28. The van der Waals surface area contributed by atoms with E-state index in [9.17, 15) is 9.90 Å². The number of allylic oxidation sites excluding steroid dienone is 2. The Kier molecular flexibility index (Phi) is 4.13. The van der Waals surface area contributed by atoms with E-state index in [1.165, 1.54) is 32.1 Å². The van der Waals surface area contributed by atoms with Gasteiger partial charge < -0.3 is 5.11 Å². The minimum Gasteiger partial charge on any atom is -0.390 e. The molecule has 2 heterocycles. The number of carbonyl (C=O) groups excluding carboxylic acids is 1. The molecule has 5 saturated carbocycles. The number of rotatable bonds is 1. The van der Waals surface area contributed by atoms with Crippen molar-refractivity contribution in [3.05, 3.63) is 23.8 Å². The molecule has 0 aromatic carbocycles. The summed E-state index contributed by atoms with van der Waals surface area (Å²) in [6, 6.07) is -0.0343. The zero-order valence-electron chi connectivity index (χ0n) is 22.5. The summed E-state index contributed by atoms with van der Waals surface area (Å²) in [5.41, 5.74) is 2.31. The van der Waals surface area contributed by atoms with Crippen molar-refractivity contribution in [3.63, 3.8) is 0 Å². The summed E-state index contributed by atoms with van der Waals surface area (Å²) in [6.07, 6.45) is 12.0. The molecule has 36 heavy (non-hydrogen) atoms. The van der Waals surface area contributed by atoms with Crippen molar-refractivity contribution in [2.75, 3.05) is 5.75 Å². The van der Waals surface area contributed by atoms with Crippen LogP contribution in [-0.4, -0.2) is 42.8 Å². The highest BCUT2D eigenvalue weighted by Gasteiger charge is 2.82. The van der Waals surface area contributed by atoms with E-state index in [2.05, 4.69) is 55.6 Å². The van der Waals surface area contributed by atoms with Gasteiger partial charge in [-0.3, -0.25) is 4.79 Å². The van der Waals surface area contributed by atoms with E-state index in [1.54, 1.807) is 11.9 Å². The van der Waals surface area contributed by atoms with Crippen molar-refractivity contribution in [3.8, 4) is 0 Å². The Hall–Kier alpha value is -1.14. The fourth-order valence-electron chi connectivity index (χ4n) is 11.9. The maximum Gasteiger partial charge on any atom is 0.140 e. The molecule has 0 amide bonds. The summed E-state index contributed by atoms with van der Waals surface area (Å²) < 4.78 is 2.03. The van der Waals surface area contributed by atoms with E-state index < -0.39 is 6.10 Å². The number of aryl methyl sites for hydroxylation is 1. The van der Waals surface area contributed by atoms with Gasteiger partial charge in [-0.25, -0.2) is 9.67 Å². The van der Waals surface area contributed by atoms with Crippen molar-refractivity contribution >= 4 is 17.5 Å². The third kappa shape index (κ3) is 2.17. The first kappa shape index (κ1) is 22.8. The van der Waals surface area contributed by atoms with Gasteiger partial charge in [0.25, 0.3) is 0 Å². The highest BCUT2D eigenvalue weighted by molar-refractivity contribution is 8.00. The van der Waals surface area contributed by atoms with Crippen LogP contribution in [0.2, 0.25) is 0 Å². The standard InChI is InChI=1S/C30H41N3O2S/c1-16-30-13-21(33-17(2)31-15-32-33)25(35)26(3,14-36-16)22(30)7-6-18-19(30)8-9-28(5)24-23(34)20-12-29(20,24)11-10-27(18,28)4/h8,15-16,18,20-22,24-25,35H,6-7,9-14H2,1-5H3. The average molecular weight is 508 g/mol. The van der Waals surface area contributed by atoms with Crippen LogP contribution in [-0.2, 0) is 4.79 Å². The molecule has 0 radical (unpaired) electrons. The Morgan fingerprint density at radius 2 is 1.92 bits per heavy atom. The second-order valence-electron chi connectivity index (χ2n) is 14.7. The lowest BCUT2D eigenvalue weighted by atomic mass is 9.34. The number of thioether (sulfide) groups is 1. The third-order valence-electron chi connectivity index (χ3n) is 14.0. The lowest BCUT2D eigenvalue weighted by Crippen LogP contribution is -2.69. The van der Waals surface area contributed by atoms with Gasteiger partial charge in [0.05, 0.1) is 12.1 Å². The minimum atomic E-state index is -0.411. The summed E-state index contributed by atoms with van der Waals surface area (Å²) >= 11 is 2.09. The van der Waals surface area contributed by atoms with E-state index in [-0.39, 0.29) is 27.7 Å². The van der Waals surface area contributed by atoms with Gasteiger partial charge in [-0.2, -0.15) is 16.9 Å². The van der Waals surface area contributed by atoms with Crippen LogP contribution in [0.25, 0.3) is 0 Å². The lowest BCUT2D eigenvalue weighted by molar-refractivity contribution is -0.187. The number of aliphatic hydroxyl groups excluding tert-OH is 1. The number of carbonyl (C=O) groups is 1. The normalized spacial score (nSPS) is 58.3. The predicted molar refractivity (Wildman–Crippen MR) is 140 cm³/mol. The summed E-state index contributed by atoms with van der Waals surface area (Å²) in [4.78, 5) is 17.7. The highest BCUT2D eigenvalue weighted by Crippen LogP contribution is 2.84. The van der Waals surface area contributed by atoms with Gasteiger partial charge in [0.15, 0.2) is 0 Å². The number of hydrogen-bond acceptors (Lipinski definition) is 5. The Labute approximate surface area is 219 Å². The minimum absolute atomic E-state index is 0.0343. The van der Waals surface area contributed by atoms with Gasteiger partial charge in [-0.15, -0.1) is 0 Å². The van der Waals surface area contributed by atoms with Gasteiger partial charge >= 0.3 is 0 Å². The van der Waals surface area contributed by atoms with Gasteiger partial charge in [-0.1, -0.05) is 39.3 Å².